The van der Waals surface area contributed by atoms with Gasteiger partial charge in [-0.3, -0.25) is 0 Å². The molecule has 3 nitrogen and oxygen atoms in total. The van der Waals surface area contributed by atoms with Crippen molar-refractivity contribution >= 4 is 17.3 Å². The zero-order valence-corrected chi connectivity index (χ0v) is 8.62. The molecular weight excluding hydrogens is 174 g/mol. The summed E-state index contributed by atoms with van der Waals surface area (Å²) in [6.45, 7) is 7.76. The lowest BCUT2D eigenvalue weighted by molar-refractivity contribution is 1.13. The van der Waals surface area contributed by atoms with Crippen LogP contribution in [0.25, 0.3) is 11.6 Å². The highest BCUT2D eigenvalue weighted by molar-refractivity contribution is 5.74. The fourth-order valence-electron chi connectivity index (χ4n) is 1.11. The van der Waals surface area contributed by atoms with E-state index in [2.05, 4.69) is 23.5 Å². The first-order chi connectivity index (χ1) is 6.66. The highest BCUT2D eigenvalue weighted by Crippen LogP contribution is 2.19. The lowest BCUT2D eigenvalue weighted by atomic mass is 10.1. The van der Waals surface area contributed by atoms with E-state index in [-0.39, 0.29) is 0 Å². The maximum atomic E-state index is 5.89. The Hall–Kier alpha value is -1.64. The first kappa shape index (κ1) is 10.4. The molecule has 0 aliphatic heterocycles. The minimum Gasteiger partial charge on any atom is -0.395 e. The molecule has 1 aromatic heterocycles. The van der Waals surface area contributed by atoms with Crippen LogP contribution in [0, 0.1) is 0 Å². The normalized spacial score (nSPS) is 10.7. The second-order valence-electron chi connectivity index (χ2n) is 3.11. The number of nitrogens with two attached hydrogens (primary N) is 1. The molecule has 0 unspecified atom stereocenters. The summed E-state index contributed by atoms with van der Waals surface area (Å²) in [6, 6.07) is 0. The molecule has 0 fully saturated rings. The van der Waals surface area contributed by atoms with Crippen molar-refractivity contribution in [2.45, 2.75) is 20.3 Å². The van der Waals surface area contributed by atoms with Gasteiger partial charge in [0.25, 0.3) is 0 Å². The second-order valence-corrected chi connectivity index (χ2v) is 3.11. The standard InChI is InChI=1S/C11H15N3/c1-4-5-6-9-10(12)11(8(2)3)14-7-13-9/h5-7H,2,4,12H2,1,3H3/b6-5+. The molecule has 74 valence electrons. The second kappa shape index (κ2) is 4.56. The Balaban J connectivity index is 3.14. The molecule has 0 saturated carbocycles. The van der Waals surface area contributed by atoms with Gasteiger partial charge >= 0.3 is 0 Å². The Bertz CT molecular complexity index is 367. The molecule has 0 spiro atoms. The van der Waals surface area contributed by atoms with Gasteiger partial charge in [-0.15, -0.1) is 0 Å². The Morgan fingerprint density at radius 3 is 2.86 bits per heavy atom. The first-order valence-electron chi connectivity index (χ1n) is 4.59. The lowest BCUT2D eigenvalue weighted by Gasteiger charge is -2.05. The predicted octanol–water partition coefficient (Wildman–Crippen LogP) is 2.52. The summed E-state index contributed by atoms with van der Waals surface area (Å²) in [4.78, 5) is 8.17. The van der Waals surface area contributed by atoms with E-state index in [1.165, 1.54) is 6.33 Å². The molecule has 0 aromatic carbocycles. The average Bonchev–Trinajstić information content (AvgIpc) is 2.16. The van der Waals surface area contributed by atoms with Gasteiger partial charge in [-0.1, -0.05) is 19.6 Å². The van der Waals surface area contributed by atoms with Gasteiger partial charge in [0.05, 0.1) is 17.1 Å². The van der Waals surface area contributed by atoms with Crippen molar-refractivity contribution in [3.05, 3.63) is 30.4 Å². The van der Waals surface area contributed by atoms with Crippen LogP contribution in [0.5, 0.6) is 0 Å². The van der Waals surface area contributed by atoms with Crippen molar-refractivity contribution in [3.63, 3.8) is 0 Å². The first-order valence-corrected chi connectivity index (χ1v) is 4.59. The lowest BCUT2D eigenvalue weighted by Crippen LogP contribution is -2.00. The molecule has 0 saturated heterocycles. The predicted molar refractivity (Wildman–Crippen MR) is 60.5 cm³/mol. The summed E-state index contributed by atoms with van der Waals surface area (Å²) in [7, 11) is 0. The zero-order chi connectivity index (χ0) is 10.6. The van der Waals surface area contributed by atoms with Gasteiger partial charge in [0.2, 0.25) is 0 Å². The Labute approximate surface area is 84.4 Å². The summed E-state index contributed by atoms with van der Waals surface area (Å²) in [5, 5.41) is 0. The van der Waals surface area contributed by atoms with Gasteiger partial charge in [0.15, 0.2) is 0 Å². The molecule has 14 heavy (non-hydrogen) atoms. The van der Waals surface area contributed by atoms with Crippen LogP contribution in [0.2, 0.25) is 0 Å². The Morgan fingerprint density at radius 1 is 1.57 bits per heavy atom. The summed E-state index contributed by atoms with van der Waals surface area (Å²) >= 11 is 0. The van der Waals surface area contributed by atoms with E-state index in [1.807, 2.05) is 19.1 Å². The van der Waals surface area contributed by atoms with Crippen LogP contribution < -0.4 is 5.73 Å². The van der Waals surface area contributed by atoms with Crippen molar-refractivity contribution < 1.29 is 0 Å². The maximum absolute atomic E-state index is 5.89. The molecule has 1 aromatic rings. The van der Waals surface area contributed by atoms with E-state index < -0.39 is 0 Å². The van der Waals surface area contributed by atoms with E-state index in [0.717, 1.165) is 23.4 Å². The Morgan fingerprint density at radius 2 is 2.29 bits per heavy atom. The third-order valence-electron chi connectivity index (χ3n) is 1.83. The third-order valence-corrected chi connectivity index (χ3v) is 1.83. The van der Waals surface area contributed by atoms with Crippen molar-refractivity contribution in [1.82, 2.24) is 9.97 Å². The molecular formula is C11H15N3. The molecule has 0 aliphatic carbocycles. The molecule has 0 radical (unpaired) electrons. The zero-order valence-electron chi connectivity index (χ0n) is 8.62. The SMILES string of the molecule is C=C(C)c1ncnc(/C=C/CC)c1N. The smallest absolute Gasteiger partial charge is 0.116 e. The van der Waals surface area contributed by atoms with E-state index in [1.54, 1.807) is 0 Å². The van der Waals surface area contributed by atoms with Crippen molar-refractivity contribution in [2.75, 3.05) is 5.73 Å². The van der Waals surface area contributed by atoms with E-state index in [4.69, 9.17) is 5.73 Å². The van der Waals surface area contributed by atoms with E-state index in [9.17, 15) is 0 Å². The van der Waals surface area contributed by atoms with E-state index in [0.29, 0.717) is 5.69 Å². The van der Waals surface area contributed by atoms with Gasteiger partial charge in [0.1, 0.15) is 6.33 Å². The molecule has 0 aliphatic rings. The number of nitrogens with zero attached hydrogens (tertiary/aromatic N) is 2. The van der Waals surface area contributed by atoms with Crippen molar-refractivity contribution in [1.29, 1.82) is 0 Å². The van der Waals surface area contributed by atoms with Gasteiger partial charge in [0, 0.05) is 0 Å². The number of allylic oxidation sites excluding steroid dienone is 2. The van der Waals surface area contributed by atoms with Crippen LogP contribution in [0.15, 0.2) is 19.0 Å². The van der Waals surface area contributed by atoms with Crippen molar-refractivity contribution in [3.8, 4) is 0 Å². The summed E-state index contributed by atoms with van der Waals surface area (Å²) in [5.74, 6) is 0. The molecule has 0 bridgehead atoms. The fourth-order valence-corrected chi connectivity index (χ4v) is 1.11. The summed E-state index contributed by atoms with van der Waals surface area (Å²) in [6.07, 6.45) is 6.39. The van der Waals surface area contributed by atoms with Crippen LogP contribution in [0.3, 0.4) is 0 Å². The monoisotopic (exact) mass is 189 g/mol. The van der Waals surface area contributed by atoms with Crippen LogP contribution in [-0.4, -0.2) is 9.97 Å². The fraction of sp³-hybridized carbons (Fsp3) is 0.273. The van der Waals surface area contributed by atoms with Gasteiger partial charge < -0.3 is 5.73 Å². The van der Waals surface area contributed by atoms with Crippen LogP contribution in [0.4, 0.5) is 5.69 Å². The van der Waals surface area contributed by atoms with E-state index >= 15 is 0 Å². The van der Waals surface area contributed by atoms with Crippen LogP contribution >= 0.6 is 0 Å². The van der Waals surface area contributed by atoms with Crippen LogP contribution in [-0.2, 0) is 0 Å². The molecule has 3 heteroatoms. The Kier molecular flexibility index (Phi) is 3.40. The van der Waals surface area contributed by atoms with Gasteiger partial charge in [-0.25, -0.2) is 9.97 Å². The summed E-state index contributed by atoms with van der Waals surface area (Å²) < 4.78 is 0. The largest absolute Gasteiger partial charge is 0.395 e. The molecule has 0 amide bonds. The van der Waals surface area contributed by atoms with Crippen molar-refractivity contribution in [2.24, 2.45) is 0 Å². The number of aromatic nitrogens is 2. The quantitative estimate of drug-likeness (QED) is 0.794. The number of nitrogen functional groups attached to an aromatic ring is 1. The number of rotatable bonds is 3. The van der Waals surface area contributed by atoms with Crippen LogP contribution in [0.1, 0.15) is 31.7 Å². The molecule has 1 heterocycles. The number of hydrogen-bond donors (Lipinski definition) is 1. The highest BCUT2D eigenvalue weighted by atomic mass is 14.9. The maximum Gasteiger partial charge on any atom is 0.116 e. The summed E-state index contributed by atoms with van der Waals surface area (Å²) in [5.41, 5.74) is 8.84. The minimum absolute atomic E-state index is 0.602. The molecule has 2 N–H and O–H groups in total. The minimum atomic E-state index is 0.602. The molecule has 0 atom stereocenters. The average molecular weight is 189 g/mol. The third kappa shape index (κ3) is 2.19. The number of hydrogen-bond acceptors (Lipinski definition) is 3. The molecule has 1 rings (SSSR count). The van der Waals surface area contributed by atoms with Gasteiger partial charge in [-0.2, -0.15) is 0 Å². The van der Waals surface area contributed by atoms with Gasteiger partial charge in [-0.05, 0) is 25.0 Å². The topological polar surface area (TPSA) is 51.8 Å². The highest BCUT2D eigenvalue weighted by Gasteiger charge is 2.05. The number of anilines is 1.